The Balaban J connectivity index is 1.46. The van der Waals surface area contributed by atoms with Gasteiger partial charge in [0.2, 0.25) is 0 Å². The summed E-state index contributed by atoms with van der Waals surface area (Å²) in [6, 6.07) is 7.29. The van der Waals surface area contributed by atoms with E-state index in [-0.39, 0.29) is 5.91 Å². The summed E-state index contributed by atoms with van der Waals surface area (Å²) in [5.41, 5.74) is 2.02. The maximum absolute atomic E-state index is 12.8. The lowest BCUT2D eigenvalue weighted by atomic mass is 10.1. The lowest BCUT2D eigenvalue weighted by Gasteiger charge is -2.20. The molecule has 1 aliphatic heterocycles. The van der Waals surface area contributed by atoms with Crippen LogP contribution < -0.4 is 14.8 Å². The van der Waals surface area contributed by atoms with Crippen molar-refractivity contribution in [1.29, 1.82) is 0 Å². The van der Waals surface area contributed by atoms with E-state index in [1.165, 1.54) is 11.8 Å². The first-order chi connectivity index (χ1) is 14.6. The molecule has 4 rings (SSSR count). The zero-order chi connectivity index (χ0) is 21.1. The van der Waals surface area contributed by atoms with Crippen LogP contribution in [-0.4, -0.2) is 41.9 Å². The Morgan fingerprint density at radius 1 is 1.27 bits per heavy atom. The molecule has 7 nitrogen and oxygen atoms in total. The highest BCUT2D eigenvalue weighted by atomic mass is 35.5. The molecule has 0 saturated heterocycles. The minimum Gasteiger partial charge on any atom is -0.486 e. The summed E-state index contributed by atoms with van der Waals surface area (Å²) in [4.78, 5) is 21.8. The standard InChI is InChI=1S/C21H20ClN3O4S/c1-12-17(21(30-2)25-19(24-12)15-4-3-7-27-15)20(26)23-6-5-13-10-14(22)18-16(11-13)28-8-9-29-18/h3-4,7,10-11H,5-6,8-9H2,1-2H3,(H,23,26). The molecule has 0 atom stereocenters. The van der Waals surface area contributed by atoms with E-state index >= 15 is 0 Å². The van der Waals surface area contributed by atoms with Crippen molar-refractivity contribution in [3.8, 4) is 23.1 Å². The van der Waals surface area contributed by atoms with Crippen LogP contribution >= 0.6 is 23.4 Å². The highest BCUT2D eigenvalue weighted by Gasteiger charge is 2.20. The first-order valence-electron chi connectivity index (χ1n) is 9.39. The molecule has 1 amide bonds. The fourth-order valence-electron chi connectivity index (χ4n) is 3.19. The van der Waals surface area contributed by atoms with Crippen LogP contribution in [-0.2, 0) is 6.42 Å². The van der Waals surface area contributed by atoms with Gasteiger partial charge in [0.05, 0.1) is 22.5 Å². The van der Waals surface area contributed by atoms with E-state index in [0.29, 0.717) is 70.6 Å². The number of furan rings is 1. The van der Waals surface area contributed by atoms with Crippen molar-refractivity contribution in [1.82, 2.24) is 15.3 Å². The third-order valence-corrected chi connectivity index (χ3v) is 5.54. The van der Waals surface area contributed by atoms with Gasteiger partial charge in [-0.3, -0.25) is 4.79 Å². The van der Waals surface area contributed by atoms with Gasteiger partial charge in [-0.1, -0.05) is 11.6 Å². The number of ether oxygens (including phenoxy) is 2. The number of thioether (sulfide) groups is 1. The number of nitrogens with zero attached hydrogens (tertiary/aromatic N) is 2. The average molecular weight is 446 g/mol. The quantitative estimate of drug-likeness (QED) is 0.450. The molecule has 0 aliphatic carbocycles. The van der Waals surface area contributed by atoms with Gasteiger partial charge >= 0.3 is 0 Å². The second-order valence-electron chi connectivity index (χ2n) is 6.60. The van der Waals surface area contributed by atoms with Gasteiger partial charge in [0.25, 0.3) is 5.91 Å². The van der Waals surface area contributed by atoms with Crippen LogP contribution in [0.25, 0.3) is 11.6 Å². The molecule has 30 heavy (non-hydrogen) atoms. The van der Waals surface area contributed by atoms with Crippen molar-refractivity contribution >= 4 is 29.3 Å². The number of aromatic nitrogens is 2. The normalized spacial score (nSPS) is 12.6. The van der Waals surface area contributed by atoms with Crippen molar-refractivity contribution in [2.24, 2.45) is 0 Å². The molecular formula is C21H20ClN3O4S. The van der Waals surface area contributed by atoms with E-state index in [4.69, 9.17) is 25.5 Å². The fraction of sp³-hybridized carbons (Fsp3) is 0.286. The summed E-state index contributed by atoms with van der Waals surface area (Å²) in [7, 11) is 0. The van der Waals surface area contributed by atoms with E-state index in [1.807, 2.05) is 18.4 Å². The van der Waals surface area contributed by atoms with Crippen LogP contribution in [0.1, 0.15) is 21.6 Å². The van der Waals surface area contributed by atoms with Gasteiger partial charge in [-0.05, 0) is 49.4 Å². The Bertz CT molecular complexity index is 1070. The molecule has 0 saturated carbocycles. The van der Waals surface area contributed by atoms with Crippen molar-refractivity contribution in [3.05, 3.63) is 52.4 Å². The fourth-order valence-corrected chi connectivity index (χ4v) is 4.10. The SMILES string of the molecule is CSc1nc(-c2ccco2)nc(C)c1C(=O)NCCc1cc(Cl)c2c(c1)OCCO2. The molecule has 0 radical (unpaired) electrons. The minimum absolute atomic E-state index is 0.216. The molecule has 9 heteroatoms. The molecule has 1 aromatic carbocycles. The topological polar surface area (TPSA) is 86.5 Å². The zero-order valence-corrected chi connectivity index (χ0v) is 18.1. The molecule has 0 unspecified atom stereocenters. The molecule has 2 aromatic heterocycles. The Kier molecular flexibility index (Phi) is 6.15. The number of rotatable bonds is 6. The van der Waals surface area contributed by atoms with Gasteiger partial charge in [0.15, 0.2) is 23.1 Å². The zero-order valence-electron chi connectivity index (χ0n) is 16.5. The average Bonchev–Trinajstić information content (AvgIpc) is 3.28. The summed E-state index contributed by atoms with van der Waals surface area (Å²) in [5.74, 6) is 2.02. The maximum atomic E-state index is 12.8. The van der Waals surface area contributed by atoms with Crippen molar-refractivity contribution < 1.29 is 18.7 Å². The number of amides is 1. The molecular weight excluding hydrogens is 426 g/mol. The first kappa shape index (κ1) is 20.6. The number of aryl methyl sites for hydroxylation is 1. The van der Waals surface area contributed by atoms with Gasteiger partial charge < -0.3 is 19.2 Å². The van der Waals surface area contributed by atoms with E-state index < -0.39 is 0 Å². The summed E-state index contributed by atoms with van der Waals surface area (Å²) >= 11 is 7.68. The van der Waals surface area contributed by atoms with Gasteiger partial charge in [0.1, 0.15) is 18.2 Å². The molecule has 0 bridgehead atoms. The highest BCUT2D eigenvalue weighted by Crippen LogP contribution is 2.38. The van der Waals surface area contributed by atoms with Crippen LogP contribution in [0, 0.1) is 6.92 Å². The van der Waals surface area contributed by atoms with E-state index in [9.17, 15) is 4.79 Å². The summed E-state index contributed by atoms with van der Waals surface area (Å²) in [6.07, 6.45) is 4.04. The molecule has 0 fully saturated rings. The minimum atomic E-state index is -0.216. The van der Waals surface area contributed by atoms with Crippen molar-refractivity contribution in [2.45, 2.75) is 18.4 Å². The van der Waals surface area contributed by atoms with Crippen molar-refractivity contribution in [2.75, 3.05) is 26.0 Å². The smallest absolute Gasteiger partial charge is 0.255 e. The van der Waals surface area contributed by atoms with Gasteiger partial charge in [-0.25, -0.2) is 9.97 Å². The number of hydrogen-bond acceptors (Lipinski definition) is 7. The number of nitrogens with one attached hydrogen (secondary N) is 1. The molecule has 1 aliphatic rings. The monoisotopic (exact) mass is 445 g/mol. The number of hydrogen-bond donors (Lipinski definition) is 1. The molecule has 1 N–H and O–H groups in total. The van der Waals surface area contributed by atoms with Crippen LogP contribution in [0.4, 0.5) is 0 Å². The summed E-state index contributed by atoms with van der Waals surface area (Å²) in [5, 5.41) is 4.06. The Morgan fingerprint density at radius 3 is 2.87 bits per heavy atom. The lowest BCUT2D eigenvalue weighted by Crippen LogP contribution is -2.27. The highest BCUT2D eigenvalue weighted by molar-refractivity contribution is 7.98. The summed E-state index contributed by atoms with van der Waals surface area (Å²) in [6.45, 7) is 3.21. The second-order valence-corrected chi connectivity index (χ2v) is 7.80. The van der Waals surface area contributed by atoms with Crippen LogP contribution in [0.15, 0.2) is 40.0 Å². The van der Waals surface area contributed by atoms with Crippen LogP contribution in [0.3, 0.4) is 0 Å². The number of halogens is 1. The van der Waals surface area contributed by atoms with E-state index in [0.717, 1.165) is 5.56 Å². The number of carbonyl (C=O) groups is 1. The Morgan fingerprint density at radius 2 is 2.10 bits per heavy atom. The first-order valence-corrected chi connectivity index (χ1v) is 11.0. The maximum Gasteiger partial charge on any atom is 0.255 e. The largest absolute Gasteiger partial charge is 0.486 e. The molecule has 3 aromatic rings. The van der Waals surface area contributed by atoms with E-state index in [2.05, 4.69) is 15.3 Å². The molecule has 0 spiro atoms. The third-order valence-electron chi connectivity index (χ3n) is 4.57. The number of benzene rings is 1. The van der Waals surface area contributed by atoms with Crippen molar-refractivity contribution in [3.63, 3.8) is 0 Å². The van der Waals surface area contributed by atoms with Crippen LogP contribution in [0.5, 0.6) is 11.5 Å². The van der Waals surface area contributed by atoms with Crippen LogP contribution in [0.2, 0.25) is 5.02 Å². The summed E-state index contributed by atoms with van der Waals surface area (Å²) < 4.78 is 16.5. The van der Waals surface area contributed by atoms with Gasteiger partial charge in [-0.2, -0.15) is 0 Å². The lowest BCUT2D eigenvalue weighted by molar-refractivity contribution is 0.0949. The third kappa shape index (κ3) is 4.24. The van der Waals surface area contributed by atoms with E-state index in [1.54, 1.807) is 25.3 Å². The predicted molar refractivity (Wildman–Crippen MR) is 115 cm³/mol. The van der Waals surface area contributed by atoms with Gasteiger partial charge in [0, 0.05) is 6.54 Å². The molecule has 3 heterocycles. The van der Waals surface area contributed by atoms with Gasteiger partial charge in [-0.15, -0.1) is 11.8 Å². The second kappa shape index (κ2) is 8.97. The number of fused-ring (bicyclic) bond motifs is 1. The Labute approximate surface area is 183 Å². The number of carbonyl (C=O) groups excluding carboxylic acids is 1. The Hall–Kier alpha value is -2.71. The predicted octanol–water partition coefficient (Wildman–Crippen LogP) is 4.16. The molecule has 156 valence electrons.